The SMILES string of the molecule is COC(=O)c1ccccc1C1=CC(=O)CC2=C1NCC2. The van der Waals surface area contributed by atoms with Crippen LogP contribution in [0.25, 0.3) is 5.57 Å². The van der Waals surface area contributed by atoms with Crippen LogP contribution >= 0.6 is 0 Å². The third kappa shape index (κ3) is 2.03. The first-order chi connectivity index (χ1) is 9.70. The van der Waals surface area contributed by atoms with Crippen LogP contribution in [0, 0.1) is 0 Å². The van der Waals surface area contributed by atoms with Gasteiger partial charge >= 0.3 is 5.97 Å². The number of hydrogen-bond donors (Lipinski definition) is 1. The smallest absolute Gasteiger partial charge is 0.338 e. The van der Waals surface area contributed by atoms with E-state index in [9.17, 15) is 9.59 Å². The third-order valence-electron chi connectivity index (χ3n) is 3.67. The normalized spacial score (nSPS) is 17.4. The first-order valence-corrected chi connectivity index (χ1v) is 6.59. The van der Waals surface area contributed by atoms with E-state index in [4.69, 9.17) is 4.74 Å². The molecule has 1 aromatic carbocycles. The molecule has 0 saturated heterocycles. The highest BCUT2D eigenvalue weighted by molar-refractivity contribution is 6.07. The molecule has 1 aromatic rings. The fourth-order valence-electron chi connectivity index (χ4n) is 2.76. The van der Waals surface area contributed by atoms with E-state index in [-0.39, 0.29) is 11.8 Å². The van der Waals surface area contributed by atoms with E-state index in [0.29, 0.717) is 12.0 Å². The number of methoxy groups -OCH3 is 1. The Morgan fingerprint density at radius 1 is 1.30 bits per heavy atom. The molecular weight excluding hydrogens is 254 g/mol. The van der Waals surface area contributed by atoms with E-state index in [1.54, 1.807) is 18.2 Å². The average Bonchev–Trinajstić information content (AvgIpc) is 2.93. The molecule has 0 aromatic heterocycles. The van der Waals surface area contributed by atoms with Gasteiger partial charge in [-0.05, 0) is 29.7 Å². The second kappa shape index (κ2) is 4.96. The quantitative estimate of drug-likeness (QED) is 0.835. The van der Waals surface area contributed by atoms with Gasteiger partial charge in [-0.15, -0.1) is 0 Å². The summed E-state index contributed by atoms with van der Waals surface area (Å²) in [5, 5.41) is 3.32. The molecule has 2 aliphatic rings. The Morgan fingerprint density at radius 2 is 2.10 bits per heavy atom. The molecule has 1 aliphatic carbocycles. The lowest BCUT2D eigenvalue weighted by molar-refractivity contribution is -0.114. The number of ether oxygens (including phenoxy) is 1. The largest absolute Gasteiger partial charge is 0.465 e. The van der Waals surface area contributed by atoms with Gasteiger partial charge in [-0.25, -0.2) is 4.79 Å². The number of rotatable bonds is 2. The van der Waals surface area contributed by atoms with Crippen molar-refractivity contribution < 1.29 is 14.3 Å². The van der Waals surface area contributed by atoms with Gasteiger partial charge in [0.05, 0.1) is 12.7 Å². The molecule has 20 heavy (non-hydrogen) atoms. The topological polar surface area (TPSA) is 55.4 Å². The van der Waals surface area contributed by atoms with Crippen molar-refractivity contribution in [1.82, 2.24) is 5.32 Å². The van der Waals surface area contributed by atoms with Gasteiger partial charge in [0.25, 0.3) is 0 Å². The summed E-state index contributed by atoms with van der Waals surface area (Å²) < 4.78 is 4.82. The lowest BCUT2D eigenvalue weighted by Crippen LogP contribution is -2.15. The first-order valence-electron chi connectivity index (χ1n) is 6.59. The van der Waals surface area contributed by atoms with Gasteiger partial charge in [0.2, 0.25) is 0 Å². The maximum atomic E-state index is 11.9. The standard InChI is InChI=1S/C16H15NO3/c1-20-16(19)13-5-3-2-4-12(13)14-9-11(18)8-10-6-7-17-15(10)14/h2-5,9,17H,6-8H2,1H3. The Kier molecular flexibility index (Phi) is 3.14. The number of ketones is 1. The fraction of sp³-hybridized carbons (Fsp3) is 0.250. The van der Waals surface area contributed by atoms with Gasteiger partial charge in [-0.2, -0.15) is 0 Å². The van der Waals surface area contributed by atoms with Gasteiger partial charge in [0.1, 0.15) is 0 Å². The molecule has 102 valence electrons. The predicted molar refractivity (Wildman–Crippen MR) is 75.0 cm³/mol. The number of carbonyl (C=O) groups is 2. The molecule has 0 unspecified atom stereocenters. The summed E-state index contributed by atoms with van der Waals surface area (Å²) >= 11 is 0. The zero-order valence-electron chi connectivity index (χ0n) is 11.2. The summed E-state index contributed by atoms with van der Waals surface area (Å²) in [7, 11) is 1.36. The summed E-state index contributed by atoms with van der Waals surface area (Å²) in [6.07, 6.45) is 2.99. The second-order valence-corrected chi connectivity index (χ2v) is 4.89. The van der Waals surface area contributed by atoms with E-state index < -0.39 is 0 Å². The monoisotopic (exact) mass is 269 g/mol. The number of carbonyl (C=O) groups excluding carboxylic acids is 2. The van der Waals surface area contributed by atoms with E-state index in [1.165, 1.54) is 7.11 Å². The molecule has 0 saturated carbocycles. The summed E-state index contributed by atoms with van der Waals surface area (Å²) in [4.78, 5) is 23.8. The van der Waals surface area contributed by atoms with Crippen molar-refractivity contribution in [3.05, 3.63) is 52.7 Å². The van der Waals surface area contributed by atoms with Crippen molar-refractivity contribution >= 4 is 17.3 Å². The summed E-state index contributed by atoms with van der Waals surface area (Å²) in [5.41, 5.74) is 4.16. The Balaban J connectivity index is 2.13. The molecule has 1 aliphatic heterocycles. The number of benzene rings is 1. The van der Waals surface area contributed by atoms with Crippen LogP contribution < -0.4 is 5.32 Å². The molecule has 0 bridgehead atoms. The van der Waals surface area contributed by atoms with Crippen LogP contribution in [-0.4, -0.2) is 25.4 Å². The molecular formula is C16H15NO3. The molecule has 4 nitrogen and oxygen atoms in total. The van der Waals surface area contributed by atoms with Crippen molar-refractivity contribution in [2.24, 2.45) is 0 Å². The van der Waals surface area contributed by atoms with Gasteiger partial charge in [-0.3, -0.25) is 4.79 Å². The zero-order chi connectivity index (χ0) is 14.1. The number of nitrogens with one attached hydrogen (secondary N) is 1. The van der Waals surface area contributed by atoms with Gasteiger partial charge in [0.15, 0.2) is 5.78 Å². The fourth-order valence-corrected chi connectivity index (χ4v) is 2.76. The second-order valence-electron chi connectivity index (χ2n) is 4.89. The highest BCUT2D eigenvalue weighted by Gasteiger charge is 2.27. The Hall–Kier alpha value is -2.36. The number of allylic oxidation sites excluding steroid dienone is 2. The van der Waals surface area contributed by atoms with Crippen LogP contribution in [-0.2, 0) is 9.53 Å². The van der Waals surface area contributed by atoms with E-state index in [2.05, 4.69) is 5.32 Å². The van der Waals surface area contributed by atoms with Crippen molar-refractivity contribution in [2.75, 3.05) is 13.7 Å². The molecule has 0 atom stereocenters. The van der Waals surface area contributed by atoms with E-state index >= 15 is 0 Å². The molecule has 0 radical (unpaired) electrons. The Morgan fingerprint density at radius 3 is 2.90 bits per heavy atom. The highest BCUT2D eigenvalue weighted by Crippen LogP contribution is 2.35. The maximum absolute atomic E-state index is 11.9. The van der Waals surface area contributed by atoms with Crippen LogP contribution in [0.4, 0.5) is 0 Å². The minimum Gasteiger partial charge on any atom is -0.465 e. The molecule has 1 N–H and O–H groups in total. The molecule has 4 heteroatoms. The van der Waals surface area contributed by atoms with Crippen LogP contribution in [0.3, 0.4) is 0 Å². The Bertz CT molecular complexity index is 655. The highest BCUT2D eigenvalue weighted by atomic mass is 16.5. The first kappa shape index (κ1) is 12.7. The minimum atomic E-state index is -0.389. The van der Waals surface area contributed by atoms with Crippen LogP contribution in [0.15, 0.2) is 41.6 Å². The molecule has 0 amide bonds. The van der Waals surface area contributed by atoms with Crippen molar-refractivity contribution in [1.29, 1.82) is 0 Å². The van der Waals surface area contributed by atoms with Gasteiger partial charge in [0, 0.05) is 24.2 Å². The lowest BCUT2D eigenvalue weighted by Gasteiger charge is -2.18. The molecule has 0 spiro atoms. The van der Waals surface area contributed by atoms with Gasteiger partial charge < -0.3 is 10.1 Å². The van der Waals surface area contributed by atoms with Crippen molar-refractivity contribution in [2.45, 2.75) is 12.8 Å². The minimum absolute atomic E-state index is 0.0853. The molecule has 3 rings (SSSR count). The van der Waals surface area contributed by atoms with E-state index in [0.717, 1.165) is 35.4 Å². The van der Waals surface area contributed by atoms with Crippen LogP contribution in [0.5, 0.6) is 0 Å². The average molecular weight is 269 g/mol. The molecule has 0 fully saturated rings. The van der Waals surface area contributed by atoms with Crippen molar-refractivity contribution in [3.63, 3.8) is 0 Å². The predicted octanol–water partition coefficient (Wildman–Crippen LogP) is 2.08. The number of hydrogen-bond acceptors (Lipinski definition) is 4. The maximum Gasteiger partial charge on any atom is 0.338 e. The molecule has 1 heterocycles. The van der Waals surface area contributed by atoms with Crippen molar-refractivity contribution in [3.8, 4) is 0 Å². The lowest BCUT2D eigenvalue weighted by atomic mass is 9.89. The number of esters is 1. The summed E-state index contributed by atoms with van der Waals surface area (Å²) in [5.74, 6) is -0.304. The third-order valence-corrected chi connectivity index (χ3v) is 3.67. The van der Waals surface area contributed by atoms with E-state index in [1.807, 2.05) is 12.1 Å². The Labute approximate surface area is 117 Å². The summed E-state index contributed by atoms with van der Waals surface area (Å²) in [6.45, 7) is 0.843. The van der Waals surface area contributed by atoms with Gasteiger partial charge in [-0.1, -0.05) is 18.2 Å². The summed E-state index contributed by atoms with van der Waals surface area (Å²) in [6, 6.07) is 7.22. The van der Waals surface area contributed by atoms with Crippen LogP contribution in [0.1, 0.15) is 28.8 Å². The zero-order valence-corrected chi connectivity index (χ0v) is 11.2. The van der Waals surface area contributed by atoms with Crippen LogP contribution in [0.2, 0.25) is 0 Å².